The summed E-state index contributed by atoms with van der Waals surface area (Å²) in [5.41, 5.74) is 3.14. The van der Waals surface area contributed by atoms with Gasteiger partial charge in [0.2, 0.25) is 0 Å². The molecule has 27 heavy (non-hydrogen) atoms. The molecule has 1 heterocycles. The van der Waals surface area contributed by atoms with E-state index in [1.807, 2.05) is 48.5 Å². The highest BCUT2D eigenvalue weighted by Gasteiger charge is 2.13. The van der Waals surface area contributed by atoms with Gasteiger partial charge in [0.05, 0.1) is 13.2 Å². The van der Waals surface area contributed by atoms with Crippen molar-refractivity contribution in [3.8, 4) is 0 Å². The van der Waals surface area contributed by atoms with Gasteiger partial charge in [-0.25, -0.2) is 0 Å². The molecule has 0 radical (unpaired) electrons. The third-order valence-corrected chi connectivity index (χ3v) is 4.59. The molecule has 6 heteroatoms. The predicted octanol–water partition coefficient (Wildman–Crippen LogP) is 3.80. The van der Waals surface area contributed by atoms with Crippen LogP contribution in [0.1, 0.15) is 22.8 Å². The molecule has 2 aromatic carbocycles. The Hall–Kier alpha value is -2.06. The highest BCUT2D eigenvalue weighted by molar-refractivity contribution is 14.0. The van der Waals surface area contributed by atoms with Crippen LogP contribution in [-0.2, 0) is 6.54 Å². The van der Waals surface area contributed by atoms with Gasteiger partial charge in [-0.1, -0.05) is 48.5 Å². The smallest absolute Gasteiger partial charge is 0.191 e. The molecule has 0 aliphatic heterocycles. The number of halogens is 1. The number of fused-ring (bicyclic) bond motifs is 1. The van der Waals surface area contributed by atoms with Crippen LogP contribution in [0.4, 0.5) is 0 Å². The lowest BCUT2D eigenvalue weighted by atomic mass is 10.0. The summed E-state index contributed by atoms with van der Waals surface area (Å²) in [5, 5.41) is 17.4. The van der Waals surface area contributed by atoms with Crippen molar-refractivity contribution < 1.29 is 9.52 Å². The number of aryl methyl sites for hydroxylation is 1. The molecule has 144 valence electrons. The van der Waals surface area contributed by atoms with Crippen LogP contribution < -0.4 is 10.6 Å². The molecule has 3 rings (SSSR count). The second kappa shape index (κ2) is 10.3. The number of aliphatic hydroxyl groups excluding tert-OH is 1. The van der Waals surface area contributed by atoms with Crippen LogP contribution in [-0.4, -0.2) is 31.3 Å². The highest BCUT2D eigenvalue weighted by Crippen LogP contribution is 2.24. The van der Waals surface area contributed by atoms with Crippen LogP contribution in [0.5, 0.6) is 0 Å². The summed E-state index contributed by atoms with van der Waals surface area (Å²) in [6.45, 7) is 3.29. The van der Waals surface area contributed by atoms with Gasteiger partial charge in [-0.05, 0) is 18.6 Å². The second-order valence-corrected chi connectivity index (χ2v) is 6.24. The Morgan fingerprint density at radius 1 is 1.07 bits per heavy atom. The summed E-state index contributed by atoms with van der Waals surface area (Å²) in [5.74, 6) is 1.60. The minimum Gasteiger partial charge on any atom is -0.459 e. The van der Waals surface area contributed by atoms with Crippen molar-refractivity contribution in [1.82, 2.24) is 10.6 Å². The van der Waals surface area contributed by atoms with E-state index in [0.29, 0.717) is 19.0 Å². The van der Waals surface area contributed by atoms with Crippen molar-refractivity contribution in [2.75, 3.05) is 20.2 Å². The lowest BCUT2D eigenvalue weighted by Gasteiger charge is -2.18. The Bertz CT molecular complexity index is 878. The van der Waals surface area contributed by atoms with Crippen LogP contribution in [0.3, 0.4) is 0 Å². The summed E-state index contributed by atoms with van der Waals surface area (Å²) >= 11 is 0. The van der Waals surface area contributed by atoms with Crippen LogP contribution in [0, 0.1) is 6.92 Å². The molecule has 0 amide bonds. The van der Waals surface area contributed by atoms with E-state index in [4.69, 9.17) is 4.42 Å². The van der Waals surface area contributed by atoms with Gasteiger partial charge >= 0.3 is 0 Å². The first-order valence-corrected chi connectivity index (χ1v) is 8.80. The molecule has 0 saturated heterocycles. The van der Waals surface area contributed by atoms with E-state index in [2.05, 4.69) is 28.6 Å². The molecule has 0 saturated carbocycles. The van der Waals surface area contributed by atoms with Crippen LogP contribution >= 0.6 is 24.0 Å². The molecule has 1 atom stereocenters. The molecule has 0 bridgehead atoms. The molecule has 0 fully saturated rings. The molecule has 0 aliphatic carbocycles. The number of benzene rings is 2. The summed E-state index contributed by atoms with van der Waals surface area (Å²) in [7, 11) is 1.73. The third kappa shape index (κ3) is 5.23. The zero-order chi connectivity index (χ0) is 18.4. The summed E-state index contributed by atoms with van der Waals surface area (Å²) < 4.78 is 5.92. The number of aliphatic hydroxyl groups is 1. The molecular formula is C21H26IN3O2. The topological polar surface area (TPSA) is 69.8 Å². The van der Waals surface area contributed by atoms with E-state index < -0.39 is 0 Å². The number of rotatable bonds is 6. The molecule has 1 aromatic heterocycles. The number of hydrogen-bond acceptors (Lipinski definition) is 3. The Balaban J connectivity index is 0.00000261. The van der Waals surface area contributed by atoms with Gasteiger partial charge in [0.1, 0.15) is 11.3 Å². The molecule has 5 nitrogen and oxygen atoms in total. The highest BCUT2D eigenvalue weighted by atomic mass is 127. The van der Waals surface area contributed by atoms with Crippen molar-refractivity contribution in [1.29, 1.82) is 0 Å². The van der Waals surface area contributed by atoms with E-state index in [9.17, 15) is 5.11 Å². The number of guanidine groups is 1. The largest absolute Gasteiger partial charge is 0.459 e. The number of para-hydroxylation sites is 1. The first kappa shape index (κ1) is 21.2. The van der Waals surface area contributed by atoms with Gasteiger partial charge < -0.3 is 20.2 Å². The van der Waals surface area contributed by atoms with Gasteiger partial charge in [-0.2, -0.15) is 0 Å². The number of furan rings is 1. The first-order valence-electron chi connectivity index (χ1n) is 8.80. The van der Waals surface area contributed by atoms with E-state index >= 15 is 0 Å². The third-order valence-electron chi connectivity index (χ3n) is 4.59. The molecule has 3 aromatic rings. The number of nitrogens with zero attached hydrogens (tertiary/aromatic N) is 1. The maximum Gasteiger partial charge on any atom is 0.191 e. The van der Waals surface area contributed by atoms with Gasteiger partial charge in [0.25, 0.3) is 0 Å². The zero-order valence-electron chi connectivity index (χ0n) is 15.6. The SMILES string of the molecule is CN=C(NCc1oc2ccccc2c1C)NCC(CO)c1ccccc1.I. The van der Waals surface area contributed by atoms with E-state index in [-0.39, 0.29) is 36.5 Å². The van der Waals surface area contributed by atoms with Crippen molar-refractivity contribution in [2.45, 2.75) is 19.4 Å². The van der Waals surface area contributed by atoms with Gasteiger partial charge in [-0.3, -0.25) is 4.99 Å². The van der Waals surface area contributed by atoms with Crippen LogP contribution in [0.25, 0.3) is 11.0 Å². The maximum atomic E-state index is 9.67. The first-order chi connectivity index (χ1) is 12.7. The lowest BCUT2D eigenvalue weighted by Crippen LogP contribution is -2.39. The Morgan fingerprint density at radius 2 is 1.78 bits per heavy atom. The fourth-order valence-electron chi connectivity index (χ4n) is 3.01. The minimum absolute atomic E-state index is 0. The summed E-state index contributed by atoms with van der Waals surface area (Å²) in [6, 6.07) is 18.0. The maximum absolute atomic E-state index is 9.67. The summed E-state index contributed by atoms with van der Waals surface area (Å²) in [4.78, 5) is 4.26. The van der Waals surface area contributed by atoms with E-state index in [0.717, 1.165) is 27.9 Å². The Labute approximate surface area is 176 Å². The monoisotopic (exact) mass is 479 g/mol. The van der Waals surface area contributed by atoms with Gasteiger partial charge in [0, 0.05) is 30.5 Å². The Morgan fingerprint density at radius 3 is 2.44 bits per heavy atom. The number of nitrogens with one attached hydrogen (secondary N) is 2. The van der Waals surface area contributed by atoms with Crippen molar-refractivity contribution in [3.05, 3.63) is 71.5 Å². The van der Waals surface area contributed by atoms with Crippen LogP contribution in [0.15, 0.2) is 64.0 Å². The Kier molecular flexibility index (Phi) is 8.12. The van der Waals surface area contributed by atoms with Crippen LogP contribution in [0.2, 0.25) is 0 Å². The van der Waals surface area contributed by atoms with E-state index in [1.54, 1.807) is 7.05 Å². The molecule has 1 unspecified atom stereocenters. The average Bonchev–Trinajstić information content (AvgIpc) is 3.01. The van der Waals surface area contributed by atoms with Crippen molar-refractivity contribution in [3.63, 3.8) is 0 Å². The zero-order valence-corrected chi connectivity index (χ0v) is 17.9. The lowest BCUT2D eigenvalue weighted by molar-refractivity contribution is 0.265. The minimum atomic E-state index is 0. The normalized spacial score (nSPS) is 12.5. The fourth-order valence-corrected chi connectivity index (χ4v) is 3.01. The molecule has 3 N–H and O–H groups in total. The van der Waals surface area contributed by atoms with Crippen molar-refractivity contribution >= 4 is 40.9 Å². The van der Waals surface area contributed by atoms with Crippen molar-refractivity contribution in [2.24, 2.45) is 4.99 Å². The van der Waals surface area contributed by atoms with Gasteiger partial charge in [0.15, 0.2) is 5.96 Å². The second-order valence-electron chi connectivity index (χ2n) is 6.24. The quantitative estimate of drug-likeness (QED) is 0.286. The standard InChI is InChI=1S/C21H25N3O2.HI/c1-15-18-10-6-7-11-19(18)26-20(15)13-24-21(22-2)23-12-17(14-25)16-8-4-3-5-9-16;/h3-11,17,25H,12-14H2,1-2H3,(H2,22,23,24);1H. The van der Waals surface area contributed by atoms with E-state index in [1.165, 1.54) is 0 Å². The molecular weight excluding hydrogens is 453 g/mol. The fraction of sp³-hybridized carbons (Fsp3) is 0.286. The molecule has 0 spiro atoms. The predicted molar refractivity (Wildman–Crippen MR) is 121 cm³/mol. The summed E-state index contributed by atoms with van der Waals surface area (Å²) in [6.07, 6.45) is 0. The number of hydrogen-bond donors (Lipinski definition) is 3. The average molecular weight is 479 g/mol. The van der Waals surface area contributed by atoms with Gasteiger partial charge in [-0.15, -0.1) is 24.0 Å². The number of aliphatic imine (C=N–C) groups is 1. The molecule has 0 aliphatic rings.